The third-order valence-electron chi connectivity index (χ3n) is 3.73. The summed E-state index contributed by atoms with van der Waals surface area (Å²) < 4.78 is 0. The molecule has 0 fully saturated rings. The second kappa shape index (κ2) is 6.66. The van der Waals surface area contributed by atoms with Crippen LogP contribution in [0, 0.1) is 12.8 Å². The van der Waals surface area contributed by atoms with Gasteiger partial charge in [0.2, 0.25) is 5.91 Å². The number of benzene rings is 2. The van der Waals surface area contributed by atoms with E-state index in [0.29, 0.717) is 0 Å². The fourth-order valence-electron chi connectivity index (χ4n) is 2.33. The Bertz CT molecular complexity index is 872. The molecule has 2 aromatic carbocycles. The van der Waals surface area contributed by atoms with Crippen LogP contribution in [0.15, 0.2) is 48.8 Å². The third-order valence-corrected chi connectivity index (χ3v) is 3.73. The van der Waals surface area contributed by atoms with E-state index in [-0.39, 0.29) is 11.8 Å². The first-order chi connectivity index (χ1) is 11.5. The van der Waals surface area contributed by atoms with E-state index < -0.39 is 0 Å². The summed E-state index contributed by atoms with van der Waals surface area (Å²) in [6, 6.07) is 13.7. The van der Waals surface area contributed by atoms with E-state index in [1.54, 1.807) is 6.33 Å². The standard InChI is InChI=1S/C19H20N4O/c1-12(2)19(24)23-15-7-5-14(6-8-15)22-18-16-10-13(3)4-9-17(16)20-11-21-18/h4-12H,1-3H3,(H,23,24)(H,20,21,22). The molecule has 122 valence electrons. The van der Waals surface area contributed by atoms with Gasteiger partial charge in [-0.3, -0.25) is 4.79 Å². The Balaban J connectivity index is 1.82. The van der Waals surface area contributed by atoms with Crippen LogP contribution in [-0.2, 0) is 4.79 Å². The molecule has 2 N–H and O–H groups in total. The van der Waals surface area contributed by atoms with Crippen molar-refractivity contribution in [2.24, 2.45) is 5.92 Å². The number of nitrogens with one attached hydrogen (secondary N) is 2. The Morgan fingerprint density at radius 3 is 2.42 bits per heavy atom. The SMILES string of the molecule is Cc1ccc2ncnc(Nc3ccc(NC(=O)C(C)C)cc3)c2c1. The van der Waals surface area contributed by atoms with Crippen LogP contribution in [0.2, 0.25) is 0 Å². The Kier molecular flexibility index (Phi) is 4.42. The minimum Gasteiger partial charge on any atom is -0.340 e. The summed E-state index contributed by atoms with van der Waals surface area (Å²) in [6.45, 7) is 5.78. The molecule has 0 saturated heterocycles. The number of aromatic nitrogens is 2. The normalized spacial score (nSPS) is 10.8. The van der Waals surface area contributed by atoms with Crippen LogP contribution in [0.4, 0.5) is 17.2 Å². The van der Waals surface area contributed by atoms with Gasteiger partial charge in [0.15, 0.2) is 0 Å². The highest BCUT2D eigenvalue weighted by Gasteiger charge is 2.08. The molecule has 1 heterocycles. The second-order valence-corrected chi connectivity index (χ2v) is 6.09. The number of nitrogens with zero attached hydrogens (tertiary/aromatic N) is 2. The van der Waals surface area contributed by atoms with Crippen LogP contribution in [0.5, 0.6) is 0 Å². The summed E-state index contributed by atoms with van der Waals surface area (Å²) in [7, 11) is 0. The quantitative estimate of drug-likeness (QED) is 0.753. The lowest BCUT2D eigenvalue weighted by atomic mass is 10.1. The number of aryl methyl sites for hydroxylation is 1. The maximum absolute atomic E-state index is 11.7. The molecule has 0 spiro atoms. The molecule has 5 nitrogen and oxygen atoms in total. The van der Waals surface area contributed by atoms with Gasteiger partial charge in [-0.25, -0.2) is 9.97 Å². The van der Waals surface area contributed by atoms with Crippen LogP contribution in [-0.4, -0.2) is 15.9 Å². The van der Waals surface area contributed by atoms with Crippen molar-refractivity contribution in [2.75, 3.05) is 10.6 Å². The van der Waals surface area contributed by atoms with Gasteiger partial charge in [0, 0.05) is 22.7 Å². The van der Waals surface area contributed by atoms with E-state index in [0.717, 1.165) is 33.7 Å². The molecule has 0 bridgehead atoms. The van der Waals surface area contributed by atoms with Gasteiger partial charge in [0.1, 0.15) is 12.1 Å². The van der Waals surface area contributed by atoms with Gasteiger partial charge < -0.3 is 10.6 Å². The van der Waals surface area contributed by atoms with Crippen molar-refractivity contribution in [2.45, 2.75) is 20.8 Å². The zero-order valence-corrected chi connectivity index (χ0v) is 14.0. The fraction of sp³-hybridized carbons (Fsp3) is 0.211. The molecule has 0 aliphatic rings. The Morgan fingerprint density at radius 1 is 1.00 bits per heavy atom. The van der Waals surface area contributed by atoms with Gasteiger partial charge >= 0.3 is 0 Å². The van der Waals surface area contributed by atoms with Crippen molar-refractivity contribution in [3.8, 4) is 0 Å². The maximum atomic E-state index is 11.7. The molecule has 0 aliphatic carbocycles. The van der Waals surface area contributed by atoms with Gasteiger partial charge in [0.25, 0.3) is 0 Å². The molecule has 1 aromatic heterocycles. The summed E-state index contributed by atoms with van der Waals surface area (Å²) in [6.07, 6.45) is 1.55. The number of anilines is 3. The molecule has 5 heteroatoms. The number of hydrogen-bond donors (Lipinski definition) is 2. The topological polar surface area (TPSA) is 66.9 Å². The lowest BCUT2D eigenvalue weighted by Crippen LogP contribution is -2.17. The summed E-state index contributed by atoms with van der Waals surface area (Å²) >= 11 is 0. The Hall–Kier alpha value is -2.95. The van der Waals surface area contributed by atoms with E-state index >= 15 is 0 Å². The monoisotopic (exact) mass is 320 g/mol. The van der Waals surface area contributed by atoms with Crippen LogP contribution in [0.1, 0.15) is 19.4 Å². The molecule has 1 amide bonds. The first kappa shape index (κ1) is 15.9. The molecule has 24 heavy (non-hydrogen) atoms. The number of carbonyl (C=O) groups excluding carboxylic acids is 1. The molecular weight excluding hydrogens is 300 g/mol. The van der Waals surface area contributed by atoms with Crippen LogP contribution in [0.3, 0.4) is 0 Å². The molecule has 0 saturated carbocycles. The highest BCUT2D eigenvalue weighted by molar-refractivity contribution is 5.93. The first-order valence-electron chi connectivity index (χ1n) is 7.92. The van der Waals surface area contributed by atoms with Crippen LogP contribution in [0.25, 0.3) is 10.9 Å². The summed E-state index contributed by atoms with van der Waals surface area (Å²) in [5, 5.41) is 7.17. The van der Waals surface area contributed by atoms with Crippen molar-refractivity contribution >= 4 is 34.0 Å². The van der Waals surface area contributed by atoms with Crippen molar-refractivity contribution in [1.82, 2.24) is 9.97 Å². The molecule has 3 rings (SSSR count). The van der Waals surface area contributed by atoms with E-state index in [1.165, 1.54) is 0 Å². The second-order valence-electron chi connectivity index (χ2n) is 6.09. The molecule has 0 aliphatic heterocycles. The van der Waals surface area contributed by atoms with Gasteiger partial charge in [-0.15, -0.1) is 0 Å². The van der Waals surface area contributed by atoms with Crippen molar-refractivity contribution in [3.05, 3.63) is 54.4 Å². The zero-order chi connectivity index (χ0) is 17.1. The van der Waals surface area contributed by atoms with Crippen molar-refractivity contribution in [1.29, 1.82) is 0 Å². The summed E-state index contributed by atoms with van der Waals surface area (Å²) in [4.78, 5) is 20.4. The van der Waals surface area contributed by atoms with E-state index in [1.807, 2.05) is 57.2 Å². The van der Waals surface area contributed by atoms with Gasteiger partial charge in [-0.2, -0.15) is 0 Å². The zero-order valence-electron chi connectivity index (χ0n) is 14.0. The molecule has 3 aromatic rings. The van der Waals surface area contributed by atoms with Crippen molar-refractivity contribution in [3.63, 3.8) is 0 Å². The average molecular weight is 320 g/mol. The van der Waals surface area contributed by atoms with E-state index in [4.69, 9.17) is 0 Å². The van der Waals surface area contributed by atoms with Gasteiger partial charge in [-0.1, -0.05) is 25.5 Å². The predicted octanol–water partition coefficient (Wildman–Crippen LogP) is 4.28. The molecular formula is C19H20N4O. The lowest BCUT2D eigenvalue weighted by molar-refractivity contribution is -0.118. The van der Waals surface area contributed by atoms with E-state index in [9.17, 15) is 4.79 Å². The van der Waals surface area contributed by atoms with E-state index in [2.05, 4.69) is 26.7 Å². The molecule has 0 radical (unpaired) electrons. The fourth-order valence-corrected chi connectivity index (χ4v) is 2.33. The largest absolute Gasteiger partial charge is 0.340 e. The highest BCUT2D eigenvalue weighted by atomic mass is 16.1. The average Bonchev–Trinajstić information content (AvgIpc) is 2.57. The molecule has 0 atom stereocenters. The first-order valence-corrected chi connectivity index (χ1v) is 7.92. The number of rotatable bonds is 4. The number of fused-ring (bicyclic) bond motifs is 1. The van der Waals surface area contributed by atoms with Crippen LogP contribution >= 0.6 is 0 Å². The minimum atomic E-state index is -0.0431. The van der Waals surface area contributed by atoms with Crippen LogP contribution < -0.4 is 10.6 Å². The van der Waals surface area contributed by atoms with Crippen molar-refractivity contribution < 1.29 is 4.79 Å². The minimum absolute atomic E-state index is 0.00739. The number of amides is 1. The summed E-state index contributed by atoms with van der Waals surface area (Å²) in [5.41, 5.74) is 3.74. The molecule has 0 unspecified atom stereocenters. The van der Waals surface area contributed by atoms with Gasteiger partial charge in [0.05, 0.1) is 5.52 Å². The predicted molar refractivity (Wildman–Crippen MR) is 97.5 cm³/mol. The number of hydrogen-bond acceptors (Lipinski definition) is 4. The lowest BCUT2D eigenvalue weighted by Gasteiger charge is -2.11. The third kappa shape index (κ3) is 3.51. The number of carbonyl (C=O) groups is 1. The highest BCUT2D eigenvalue weighted by Crippen LogP contribution is 2.24. The Morgan fingerprint density at radius 2 is 1.71 bits per heavy atom. The maximum Gasteiger partial charge on any atom is 0.226 e. The summed E-state index contributed by atoms with van der Waals surface area (Å²) in [5.74, 6) is 0.731. The Labute approximate surface area is 141 Å². The smallest absolute Gasteiger partial charge is 0.226 e. The van der Waals surface area contributed by atoms with Gasteiger partial charge in [-0.05, 0) is 43.3 Å².